The highest BCUT2D eigenvalue weighted by molar-refractivity contribution is 7.90. The maximum atomic E-state index is 13.6. The fourth-order valence-electron chi connectivity index (χ4n) is 2.02. The Morgan fingerprint density at radius 3 is 2.23 bits per heavy atom. The summed E-state index contributed by atoms with van der Waals surface area (Å²) in [5.74, 6) is -0.669. The summed E-state index contributed by atoms with van der Waals surface area (Å²) in [6.07, 6.45) is 1.11. The minimum atomic E-state index is -3.29. The average Bonchev–Trinajstić information content (AvgIpc) is 2.48. The van der Waals surface area contributed by atoms with Crippen LogP contribution in [0.4, 0.5) is 4.39 Å². The smallest absolute Gasteiger partial charge is 0.253 e. The lowest BCUT2D eigenvalue weighted by Gasteiger charge is -2.17. The SMILES string of the molecule is CN(Cc1ccccc1F)C(=O)c1ccc(S(C)(=O)=O)cc1. The molecule has 0 radical (unpaired) electrons. The number of halogens is 1. The van der Waals surface area contributed by atoms with Crippen LogP contribution >= 0.6 is 0 Å². The number of benzene rings is 2. The predicted molar refractivity (Wildman–Crippen MR) is 81.7 cm³/mol. The van der Waals surface area contributed by atoms with E-state index in [0.717, 1.165) is 6.26 Å². The van der Waals surface area contributed by atoms with Crippen molar-refractivity contribution in [1.82, 2.24) is 4.90 Å². The zero-order valence-corrected chi connectivity index (χ0v) is 13.1. The van der Waals surface area contributed by atoms with E-state index in [1.54, 1.807) is 25.2 Å². The lowest BCUT2D eigenvalue weighted by atomic mass is 10.1. The van der Waals surface area contributed by atoms with E-state index in [1.165, 1.54) is 35.2 Å². The van der Waals surface area contributed by atoms with Gasteiger partial charge in [-0.05, 0) is 30.3 Å². The van der Waals surface area contributed by atoms with Crippen LogP contribution in [0, 0.1) is 5.82 Å². The van der Waals surface area contributed by atoms with Gasteiger partial charge in [0, 0.05) is 31.0 Å². The monoisotopic (exact) mass is 321 g/mol. The van der Waals surface area contributed by atoms with Crippen LogP contribution in [0.2, 0.25) is 0 Å². The van der Waals surface area contributed by atoms with E-state index in [2.05, 4.69) is 0 Å². The second-order valence-electron chi connectivity index (χ2n) is 5.05. The quantitative estimate of drug-likeness (QED) is 0.869. The van der Waals surface area contributed by atoms with Gasteiger partial charge in [-0.1, -0.05) is 18.2 Å². The first kappa shape index (κ1) is 16.2. The molecule has 0 aliphatic heterocycles. The number of carbonyl (C=O) groups excluding carboxylic acids is 1. The zero-order chi connectivity index (χ0) is 16.3. The Kier molecular flexibility index (Phi) is 4.61. The van der Waals surface area contributed by atoms with Crippen molar-refractivity contribution in [2.45, 2.75) is 11.4 Å². The summed E-state index contributed by atoms with van der Waals surface area (Å²) in [5, 5.41) is 0. The fourth-order valence-corrected chi connectivity index (χ4v) is 2.65. The summed E-state index contributed by atoms with van der Waals surface area (Å²) in [6, 6.07) is 11.9. The Morgan fingerprint density at radius 2 is 1.68 bits per heavy atom. The fraction of sp³-hybridized carbons (Fsp3) is 0.188. The van der Waals surface area contributed by atoms with Gasteiger partial charge in [-0.15, -0.1) is 0 Å². The standard InChI is InChI=1S/C16H16FNO3S/c1-18(11-13-5-3-4-6-15(13)17)16(19)12-7-9-14(10-8-12)22(2,20)21/h3-10H,11H2,1-2H3. The molecule has 2 rings (SSSR count). The van der Waals surface area contributed by atoms with Gasteiger partial charge < -0.3 is 4.90 Å². The van der Waals surface area contributed by atoms with Crippen molar-refractivity contribution in [3.8, 4) is 0 Å². The van der Waals surface area contributed by atoms with Gasteiger partial charge in [0.2, 0.25) is 0 Å². The molecule has 0 N–H and O–H groups in total. The predicted octanol–water partition coefficient (Wildman–Crippen LogP) is 2.50. The third-order valence-corrected chi connectivity index (χ3v) is 4.37. The van der Waals surface area contributed by atoms with Crippen LogP contribution in [-0.4, -0.2) is 32.5 Å². The van der Waals surface area contributed by atoms with Crippen molar-refractivity contribution in [3.05, 3.63) is 65.5 Å². The summed E-state index contributed by atoms with van der Waals surface area (Å²) in [7, 11) is -1.73. The van der Waals surface area contributed by atoms with Gasteiger partial charge in [0.25, 0.3) is 5.91 Å². The third kappa shape index (κ3) is 3.71. The Balaban J connectivity index is 2.16. The molecular weight excluding hydrogens is 305 g/mol. The Morgan fingerprint density at radius 1 is 1.09 bits per heavy atom. The molecular formula is C16H16FNO3S. The summed E-state index contributed by atoms with van der Waals surface area (Å²) < 4.78 is 36.4. The zero-order valence-electron chi connectivity index (χ0n) is 12.3. The van der Waals surface area contributed by atoms with E-state index in [1.807, 2.05) is 0 Å². The maximum absolute atomic E-state index is 13.6. The van der Waals surface area contributed by atoms with Crippen molar-refractivity contribution >= 4 is 15.7 Å². The van der Waals surface area contributed by atoms with E-state index in [-0.39, 0.29) is 23.2 Å². The molecule has 0 saturated heterocycles. The average molecular weight is 321 g/mol. The second kappa shape index (κ2) is 6.27. The molecule has 0 bridgehead atoms. The normalized spacial score (nSPS) is 11.2. The second-order valence-corrected chi connectivity index (χ2v) is 7.06. The number of hydrogen-bond donors (Lipinski definition) is 0. The van der Waals surface area contributed by atoms with Crippen LogP contribution in [0.1, 0.15) is 15.9 Å². The minimum absolute atomic E-state index is 0.138. The Bertz CT molecular complexity index is 785. The van der Waals surface area contributed by atoms with Crippen molar-refractivity contribution in [1.29, 1.82) is 0 Å². The van der Waals surface area contributed by atoms with Crippen LogP contribution in [0.25, 0.3) is 0 Å². The summed E-state index contributed by atoms with van der Waals surface area (Å²) in [5.41, 5.74) is 0.775. The minimum Gasteiger partial charge on any atom is -0.337 e. The van der Waals surface area contributed by atoms with E-state index in [9.17, 15) is 17.6 Å². The topological polar surface area (TPSA) is 54.5 Å². The Hall–Kier alpha value is -2.21. The largest absolute Gasteiger partial charge is 0.337 e. The molecule has 4 nitrogen and oxygen atoms in total. The molecule has 2 aromatic carbocycles. The Labute approximate surface area is 129 Å². The number of sulfone groups is 1. The van der Waals surface area contributed by atoms with E-state index >= 15 is 0 Å². The van der Waals surface area contributed by atoms with Crippen molar-refractivity contribution in [3.63, 3.8) is 0 Å². The first-order valence-electron chi connectivity index (χ1n) is 6.58. The number of amides is 1. The lowest BCUT2D eigenvalue weighted by Crippen LogP contribution is -2.26. The molecule has 0 fully saturated rings. The van der Waals surface area contributed by atoms with Crippen LogP contribution in [0.5, 0.6) is 0 Å². The highest BCUT2D eigenvalue weighted by Crippen LogP contribution is 2.14. The molecule has 0 heterocycles. The van der Waals surface area contributed by atoms with Crippen molar-refractivity contribution in [2.75, 3.05) is 13.3 Å². The molecule has 0 saturated carbocycles. The van der Waals surface area contributed by atoms with Gasteiger partial charge in [-0.3, -0.25) is 4.79 Å². The van der Waals surface area contributed by atoms with Crippen LogP contribution in [0.3, 0.4) is 0 Å². The first-order valence-corrected chi connectivity index (χ1v) is 8.47. The third-order valence-electron chi connectivity index (χ3n) is 3.24. The molecule has 0 unspecified atom stereocenters. The van der Waals surface area contributed by atoms with Gasteiger partial charge in [0.1, 0.15) is 5.82 Å². The van der Waals surface area contributed by atoms with Gasteiger partial charge in [-0.25, -0.2) is 12.8 Å². The van der Waals surface area contributed by atoms with Gasteiger partial charge in [-0.2, -0.15) is 0 Å². The molecule has 0 aliphatic rings. The van der Waals surface area contributed by atoms with E-state index in [4.69, 9.17) is 0 Å². The summed E-state index contributed by atoms with van der Waals surface area (Å²) in [4.78, 5) is 13.8. The van der Waals surface area contributed by atoms with Crippen LogP contribution in [-0.2, 0) is 16.4 Å². The number of nitrogens with zero attached hydrogens (tertiary/aromatic N) is 1. The molecule has 2 aromatic rings. The number of carbonyl (C=O) groups is 1. The van der Waals surface area contributed by atoms with Gasteiger partial charge in [0.15, 0.2) is 9.84 Å². The lowest BCUT2D eigenvalue weighted by molar-refractivity contribution is 0.0783. The maximum Gasteiger partial charge on any atom is 0.253 e. The van der Waals surface area contributed by atoms with E-state index in [0.29, 0.717) is 11.1 Å². The molecule has 1 amide bonds. The van der Waals surface area contributed by atoms with Crippen LogP contribution < -0.4 is 0 Å². The molecule has 0 aromatic heterocycles. The molecule has 0 spiro atoms. The molecule has 0 atom stereocenters. The molecule has 0 aliphatic carbocycles. The van der Waals surface area contributed by atoms with E-state index < -0.39 is 9.84 Å². The highest BCUT2D eigenvalue weighted by Gasteiger charge is 2.15. The van der Waals surface area contributed by atoms with Crippen molar-refractivity contribution < 1.29 is 17.6 Å². The number of hydrogen-bond acceptors (Lipinski definition) is 3. The van der Waals surface area contributed by atoms with Crippen molar-refractivity contribution in [2.24, 2.45) is 0 Å². The molecule has 22 heavy (non-hydrogen) atoms. The van der Waals surface area contributed by atoms with Gasteiger partial charge >= 0.3 is 0 Å². The van der Waals surface area contributed by atoms with Gasteiger partial charge in [0.05, 0.1) is 4.90 Å². The van der Waals surface area contributed by atoms with Crippen LogP contribution in [0.15, 0.2) is 53.4 Å². The molecule has 6 heteroatoms. The summed E-state index contributed by atoms with van der Waals surface area (Å²) >= 11 is 0. The molecule has 116 valence electrons. The summed E-state index contributed by atoms with van der Waals surface area (Å²) in [6.45, 7) is 0.138. The first-order chi connectivity index (χ1) is 10.3. The highest BCUT2D eigenvalue weighted by atomic mass is 32.2. The number of rotatable bonds is 4.